The lowest BCUT2D eigenvalue weighted by molar-refractivity contribution is 0.696. The smallest absolute Gasteiger partial charge is 0.0172 e. The van der Waals surface area contributed by atoms with Crippen LogP contribution in [0, 0.1) is 5.92 Å². The molecule has 1 heterocycles. The number of hydrogen-bond acceptors (Lipinski definition) is 2. The van der Waals surface area contributed by atoms with Crippen molar-refractivity contribution in [1.29, 1.82) is 0 Å². The van der Waals surface area contributed by atoms with Gasteiger partial charge in [0.1, 0.15) is 0 Å². The second-order valence-corrected chi connectivity index (χ2v) is 3.67. The molecule has 1 unspecified atom stereocenters. The average Bonchev–Trinajstić information content (AvgIpc) is 2.44. The summed E-state index contributed by atoms with van der Waals surface area (Å²) in [6, 6.07) is 0. The highest BCUT2D eigenvalue weighted by Crippen LogP contribution is 2.36. The Bertz CT molecular complexity index is 59.1. The SMILES string of the molecule is CC(CS)[C@@H]1CS1. The summed E-state index contributed by atoms with van der Waals surface area (Å²) in [6.07, 6.45) is 0. The third kappa shape index (κ3) is 1.57. The van der Waals surface area contributed by atoms with E-state index in [1.54, 1.807) is 0 Å². The van der Waals surface area contributed by atoms with E-state index in [-0.39, 0.29) is 0 Å². The number of hydrogen-bond donors (Lipinski definition) is 1. The molecule has 0 N–H and O–H groups in total. The van der Waals surface area contributed by atoms with Crippen molar-refractivity contribution in [3.63, 3.8) is 0 Å². The van der Waals surface area contributed by atoms with Gasteiger partial charge in [0.2, 0.25) is 0 Å². The summed E-state index contributed by atoms with van der Waals surface area (Å²) in [4.78, 5) is 0. The van der Waals surface area contributed by atoms with Gasteiger partial charge in [0.25, 0.3) is 0 Å². The van der Waals surface area contributed by atoms with E-state index in [2.05, 4.69) is 31.3 Å². The summed E-state index contributed by atoms with van der Waals surface area (Å²) in [5, 5.41) is 0.956. The minimum absolute atomic E-state index is 0.841. The fourth-order valence-electron chi connectivity index (χ4n) is 0.502. The van der Waals surface area contributed by atoms with Gasteiger partial charge >= 0.3 is 0 Å². The molecule has 0 aliphatic carbocycles. The Hall–Kier alpha value is 0.700. The Morgan fingerprint density at radius 2 is 2.57 bits per heavy atom. The Morgan fingerprint density at radius 1 is 2.00 bits per heavy atom. The molecular weight excluding hydrogens is 124 g/mol. The molecule has 42 valence electrons. The lowest BCUT2D eigenvalue weighted by atomic mass is 10.2. The second kappa shape index (κ2) is 2.31. The molecule has 1 rings (SSSR count). The minimum Gasteiger partial charge on any atom is -0.179 e. The highest BCUT2D eigenvalue weighted by molar-refractivity contribution is 8.06. The van der Waals surface area contributed by atoms with E-state index in [1.165, 1.54) is 5.75 Å². The standard InChI is InChI=1S/C5H10S2/c1-4(2-6)5-3-7-5/h4-6H,2-3H2,1H3/t4?,5-/m0/s1. The molecule has 2 atom stereocenters. The molecule has 0 amide bonds. The first-order chi connectivity index (χ1) is 3.34. The van der Waals surface area contributed by atoms with Crippen molar-refractivity contribution in [3.05, 3.63) is 0 Å². The van der Waals surface area contributed by atoms with Crippen LogP contribution in [0.5, 0.6) is 0 Å². The van der Waals surface area contributed by atoms with E-state index in [9.17, 15) is 0 Å². The van der Waals surface area contributed by atoms with Gasteiger partial charge < -0.3 is 0 Å². The molecular formula is C5H10S2. The summed E-state index contributed by atoms with van der Waals surface area (Å²) in [5.74, 6) is 3.27. The van der Waals surface area contributed by atoms with Crippen molar-refractivity contribution in [2.24, 2.45) is 5.92 Å². The van der Waals surface area contributed by atoms with Crippen molar-refractivity contribution < 1.29 is 0 Å². The lowest BCUT2D eigenvalue weighted by Gasteiger charge is -1.99. The quantitative estimate of drug-likeness (QED) is 0.443. The Balaban J connectivity index is 2.10. The summed E-state index contributed by atoms with van der Waals surface area (Å²) >= 11 is 6.23. The van der Waals surface area contributed by atoms with Crippen molar-refractivity contribution in [2.45, 2.75) is 12.2 Å². The summed E-state index contributed by atoms with van der Waals surface area (Å²) in [7, 11) is 0. The van der Waals surface area contributed by atoms with Crippen molar-refractivity contribution >= 4 is 24.4 Å². The summed E-state index contributed by atoms with van der Waals surface area (Å²) in [5.41, 5.74) is 0. The maximum Gasteiger partial charge on any atom is 0.0172 e. The van der Waals surface area contributed by atoms with Crippen LogP contribution in [-0.4, -0.2) is 16.8 Å². The molecule has 1 saturated heterocycles. The fourth-order valence-corrected chi connectivity index (χ4v) is 1.76. The Kier molecular flexibility index (Phi) is 1.93. The Morgan fingerprint density at radius 3 is 2.71 bits per heavy atom. The maximum absolute atomic E-state index is 4.18. The van der Waals surface area contributed by atoms with Crippen LogP contribution < -0.4 is 0 Å². The highest BCUT2D eigenvalue weighted by atomic mass is 32.2. The fraction of sp³-hybridized carbons (Fsp3) is 1.00. The largest absolute Gasteiger partial charge is 0.179 e. The molecule has 0 aromatic rings. The molecule has 0 nitrogen and oxygen atoms in total. The van der Waals surface area contributed by atoms with Crippen LogP contribution >= 0.6 is 24.4 Å². The molecule has 0 aromatic heterocycles. The van der Waals surface area contributed by atoms with Crippen molar-refractivity contribution in [2.75, 3.05) is 11.5 Å². The van der Waals surface area contributed by atoms with Gasteiger partial charge in [0.05, 0.1) is 0 Å². The van der Waals surface area contributed by atoms with Gasteiger partial charge in [0.15, 0.2) is 0 Å². The topological polar surface area (TPSA) is 0 Å². The first-order valence-corrected chi connectivity index (χ1v) is 4.25. The zero-order valence-electron chi connectivity index (χ0n) is 4.42. The van der Waals surface area contributed by atoms with E-state index in [0.29, 0.717) is 0 Å². The van der Waals surface area contributed by atoms with E-state index in [0.717, 1.165) is 16.9 Å². The number of rotatable bonds is 2. The van der Waals surface area contributed by atoms with Gasteiger partial charge in [-0.2, -0.15) is 24.4 Å². The molecule has 2 heteroatoms. The molecule has 0 saturated carbocycles. The van der Waals surface area contributed by atoms with Gasteiger partial charge in [-0.3, -0.25) is 0 Å². The normalized spacial score (nSPS) is 32.6. The zero-order chi connectivity index (χ0) is 5.28. The highest BCUT2D eigenvalue weighted by Gasteiger charge is 2.27. The van der Waals surface area contributed by atoms with Gasteiger partial charge in [-0.05, 0) is 11.7 Å². The molecule has 0 radical (unpaired) electrons. The van der Waals surface area contributed by atoms with Crippen LogP contribution in [0.3, 0.4) is 0 Å². The minimum atomic E-state index is 0.841. The van der Waals surface area contributed by atoms with E-state index < -0.39 is 0 Å². The molecule has 1 aliphatic heterocycles. The molecule has 0 spiro atoms. The van der Waals surface area contributed by atoms with Crippen LogP contribution in [0.1, 0.15) is 6.92 Å². The molecule has 1 aliphatic rings. The van der Waals surface area contributed by atoms with E-state index in [1.807, 2.05) is 0 Å². The number of thioether (sulfide) groups is 1. The summed E-state index contributed by atoms with van der Waals surface area (Å²) in [6.45, 7) is 2.26. The number of thiol groups is 1. The van der Waals surface area contributed by atoms with Crippen LogP contribution in [0.2, 0.25) is 0 Å². The lowest BCUT2D eigenvalue weighted by Crippen LogP contribution is -2.02. The molecule has 7 heavy (non-hydrogen) atoms. The first-order valence-electron chi connectivity index (χ1n) is 2.57. The van der Waals surface area contributed by atoms with Crippen LogP contribution in [0.4, 0.5) is 0 Å². The van der Waals surface area contributed by atoms with E-state index in [4.69, 9.17) is 0 Å². The Labute approximate surface area is 54.5 Å². The third-order valence-electron chi connectivity index (χ3n) is 1.28. The van der Waals surface area contributed by atoms with Crippen molar-refractivity contribution in [3.8, 4) is 0 Å². The first kappa shape index (κ1) is 5.83. The van der Waals surface area contributed by atoms with Crippen molar-refractivity contribution in [1.82, 2.24) is 0 Å². The monoisotopic (exact) mass is 134 g/mol. The van der Waals surface area contributed by atoms with Crippen LogP contribution in [0.25, 0.3) is 0 Å². The van der Waals surface area contributed by atoms with Gasteiger partial charge in [-0.15, -0.1) is 0 Å². The maximum atomic E-state index is 4.18. The average molecular weight is 134 g/mol. The predicted molar refractivity (Wildman–Crippen MR) is 39.3 cm³/mol. The van der Waals surface area contributed by atoms with Crippen LogP contribution in [-0.2, 0) is 0 Å². The van der Waals surface area contributed by atoms with Crippen LogP contribution in [0.15, 0.2) is 0 Å². The third-order valence-corrected chi connectivity index (χ3v) is 3.04. The summed E-state index contributed by atoms with van der Waals surface area (Å²) < 4.78 is 0. The molecule has 0 aromatic carbocycles. The molecule has 0 bridgehead atoms. The van der Waals surface area contributed by atoms with Gasteiger partial charge in [0, 0.05) is 11.0 Å². The predicted octanol–water partition coefficient (Wildman–Crippen LogP) is 1.67. The van der Waals surface area contributed by atoms with Gasteiger partial charge in [-0.1, -0.05) is 6.92 Å². The van der Waals surface area contributed by atoms with Gasteiger partial charge in [-0.25, -0.2) is 0 Å². The zero-order valence-corrected chi connectivity index (χ0v) is 6.14. The second-order valence-electron chi connectivity index (χ2n) is 2.03. The molecule has 1 fully saturated rings. The van der Waals surface area contributed by atoms with E-state index >= 15 is 0 Å².